The zero-order valence-corrected chi connectivity index (χ0v) is 14.5. The summed E-state index contributed by atoms with van der Waals surface area (Å²) in [7, 11) is 0. The van der Waals surface area contributed by atoms with Gasteiger partial charge in [-0.2, -0.15) is 0 Å². The molecule has 0 aliphatic carbocycles. The molecule has 25 heavy (non-hydrogen) atoms. The van der Waals surface area contributed by atoms with Crippen molar-refractivity contribution in [1.29, 1.82) is 0 Å². The van der Waals surface area contributed by atoms with Crippen molar-refractivity contribution < 1.29 is 9.18 Å². The topological polar surface area (TPSA) is 59.8 Å². The highest BCUT2D eigenvalue weighted by Gasteiger charge is 2.18. The molecule has 0 radical (unpaired) electrons. The van der Waals surface area contributed by atoms with Crippen molar-refractivity contribution in [1.82, 2.24) is 20.1 Å². The Morgan fingerprint density at radius 3 is 2.64 bits per heavy atom. The monoisotopic (exact) mass is 358 g/mol. The van der Waals surface area contributed by atoms with Gasteiger partial charge in [-0.25, -0.2) is 14.1 Å². The predicted octanol–water partition coefficient (Wildman–Crippen LogP) is 3.86. The first-order valence-corrected chi connectivity index (χ1v) is 8.08. The van der Waals surface area contributed by atoms with E-state index < -0.39 is 5.91 Å². The number of benzene rings is 2. The van der Waals surface area contributed by atoms with Crippen molar-refractivity contribution in [2.24, 2.45) is 0 Å². The average molecular weight is 359 g/mol. The molecule has 0 spiro atoms. The summed E-state index contributed by atoms with van der Waals surface area (Å²) in [6, 6.07) is 12.8. The van der Waals surface area contributed by atoms with Crippen LogP contribution in [0.3, 0.4) is 0 Å². The van der Waals surface area contributed by atoms with E-state index in [2.05, 4.69) is 15.4 Å². The molecule has 1 atom stereocenters. The van der Waals surface area contributed by atoms with Crippen molar-refractivity contribution >= 4 is 17.5 Å². The second-order valence-electron chi connectivity index (χ2n) is 5.62. The van der Waals surface area contributed by atoms with Crippen LogP contribution in [0.4, 0.5) is 4.39 Å². The summed E-state index contributed by atoms with van der Waals surface area (Å²) >= 11 is 5.98. The lowest BCUT2D eigenvalue weighted by Crippen LogP contribution is -2.27. The Morgan fingerprint density at radius 1 is 1.24 bits per heavy atom. The van der Waals surface area contributed by atoms with Gasteiger partial charge in [-0.05, 0) is 55.8 Å². The standard InChI is InChI=1S/C18H16ClFN4O/c1-11(13-4-3-5-14(19)10-13)21-18(25)17-22-12(2)24(23-17)16-8-6-15(20)7-9-16/h3-11H,1-2H3,(H,21,25). The van der Waals surface area contributed by atoms with Gasteiger partial charge in [-0.15, -0.1) is 5.10 Å². The number of carbonyl (C=O) groups excluding carboxylic acids is 1. The van der Waals surface area contributed by atoms with E-state index in [4.69, 9.17) is 11.6 Å². The largest absolute Gasteiger partial charge is 0.343 e. The van der Waals surface area contributed by atoms with Crippen LogP contribution in [-0.2, 0) is 0 Å². The SMILES string of the molecule is Cc1nc(C(=O)NC(C)c2cccc(Cl)c2)nn1-c1ccc(F)cc1. The lowest BCUT2D eigenvalue weighted by atomic mass is 10.1. The predicted molar refractivity (Wildman–Crippen MR) is 93.4 cm³/mol. The number of aryl methyl sites for hydroxylation is 1. The van der Waals surface area contributed by atoms with Gasteiger partial charge in [0.2, 0.25) is 5.82 Å². The maximum atomic E-state index is 13.1. The molecular formula is C18H16ClFN4O. The fourth-order valence-electron chi connectivity index (χ4n) is 2.43. The number of carbonyl (C=O) groups is 1. The third-order valence-corrected chi connectivity index (χ3v) is 3.97. The van der Waals surface area contributed by atoms with Crippen LogP contribution in [-0.4, -0.2) is 20.7 Å². The Kier molecular flexibility index (Phi) is 4.81. The molecule has 2 aromatic carbocycles. The van der Waals surface area contributed by atoms with Gasteiger partial charge in [0.05, 0.1) is 11.7 Å². The smallest absolute Gasteiger partial charge is 0.291 e. The molecule has 128 valence electrons. The summed E-state index contributed by atoms with van der Waals surface area (Å²) in [6.07, 6.45) is 0. The first-order chi connectivity index (χ1) is 11.9. The summed E-state index contributed by atoms with van der Waals surface area (Å²) in [5.74, 6) is -0.144. The van der Waals surface area contributed by atoms with Gasteiger partial charge in [-0.1, -0.05) is 23.7 Å². The maximum absolute atomic E-state index is 13.1. The van der Waals surface area contributed by atoms with Crippen molar-refractivity contribution in [3.05, 3.63) is 76.6 Å². The molecule has 1 heterocycles. The highest BCUT2D eigenvalue weighted by molar-refractivity contribution is 6.30. The van der Waals surface area contributed by atoms with Crippen molar-refractivity contribution in [3.63, 3.8) is 0 Å². The molecule has 0 bridgehead atoms. The van der Waals surface area contributed by atoms with Gasteiger partial charge in [0.25, 0.3) is 5.91 Å². The van der Waals surface area contributed by atoms with Crippen LogP contribution in [0.2, 0.25) is 5.02 Å². The van der Waals surface area contributed by atoms with Gasteiger partial charge in [0.15, 0.2) is 0 Å². The fraction of sp³-hybridized carbons (Fsp3) is 0.167. The summed E-state index contributed by atoms with van der Waals surface area (Å²) in [5.41, 5.74) is 1.52. The molecule has 3 aromatic rings. The van der Waals surface area contributed by atoms with E-state index in [0.29, 0.717) is 16.5 Å². The quantitative estimate of drug-likeness (QED) is 0.770. The van der Waals surface area contributed by atoms with Crippen LogP contribution in [0.15, 0.2) is 48.5 Å². The van der Waals surface area contributed by atoms with E-state index in [1.807, 2.05) is 19.1 Å². The molecule has 0 saturated heterocycles. The van der Waals surface area contributed by atoms with Crippen molar-refractivity contribution in [3.8, 4) is 5.69 Å². The van der Waals surface area contributed by atoms with Gasteiger partial charge >= 0.3 is 0 Å². The Hall–Kier alpha value is -2.73. The van der Waals surface area contributed by atoms with Crippen LogP contribution in [0, 0.1) is 12.7 Å². The van der Waals surface area contributed by atoms with Crippen molar-refractivity contribution in [2.75, 3.05) is 0 Å². The van der Waals surface area contributed by atoms with Crippen LogP contribution >= 0.6 is 11.6 Å². The third-order valence-electron chi connectivity index (χ3n) is 3.74. The lowest BCUT2D eigenvalue weighted by molar-refractivity contribution is 0.0929. The van der Waals surface area contributed by atoms with Gasteiger partial charge in [0, 0.05) is 5.02 Å². The van der Waals surface area contributed by atoms with Crippen LogP contribution < -0.4 is 5.32 Å². The first-order valence-electron chi connectivity index (χ1n) is 7.70. The van der Waals surface area contributed by atoms with Crippen LogP contribution in [0.5, 0.6) is 0 Å². The summed E-state index contributed by atoms with van der Waals surface area (Å²) in [4.78, 5) is 16.6. The van der Waals surface area contributed by atoms with E-state index >= 15 is 0 Å². The normalized spacial score (nSPS) is 12.0. The number of halogens is 2. The minimum absolute atomic E-state index is 0.0516. The number of hydrogen-bond donors (Lipinski definition) is 1. The molecule has 1 N–H and O–H groups in total. The Bertz CT molecular complexity index is 908. The van der Waals surface area contributed by atoms with Gasteiger partial charge < -0.3 is 5.32 Å². The Labute approximate surface area is 149 Å². The molecule has 5 nitrogen and oxygen atoms in total. The van der Waals surface area contributed by atoms with E-state index in [-0.39, 0.29) is 17.7 Å². The van der Waals surface area contributed by atoms with Gasteiger partial charge in [0.1, 0.15) is 11.6 Å². The maximum Gasteiger partial charge on any atom is 0.291 e. The molecule has 1 amide bonds. The number of nitrogens with one attached hydrogen (secondary N) is 1. The number of aromatic nitrogens is 3. The summed E-state index contributed by atoms with van der Waals surface area (Å²) in [5, 5.41) is 7.67. The zero-order valence-electron chi connectivity index (χ0n) is 13.7. The highest BCUT2D eigenvalue weighted by Crippen LogP contribution is 2.18. The summed E-state index contributed by atoms with van der Waals surface area (Å²) < 4.78 is 14.5. The molecular weight excluding hydrogens is 343 g/mol. The number of nitrogens with zero attached hydrogens (tertiary/aromatic N) is 3. The van der Waals surface area contributed by atoms with E-state index in [0.717, 1.165) is 5.56 Å². The third kappa shape index (κ3) is 3.85. The van der Waals surface area contributed by atoms with Crippen LogP contribution in [0.1, 0.15) is 35.0 Å². The molecule has 3 rings (SSSR count). The minimum atomic E-state index is -0.392. The van der Waals surface area contributed by atoms with Crippen LogP contribution in [0.25, 0.3) is 5.69 Å². The van der Waals surface area contributed by atoms with E-state index in [1.54, 1.807) is 31.2 Å². The second-order valence-corrected chi connectivity index (χ2v) is 6.06. The first kappa shape index (κ1) is 17.1. The Morgan fingerprint density at radius 2 is 1.96 bits per heavy atom. The molecule has 7 heteroatoms. The molecule has 1 unspecified atom stereocenters. The van der Waals surface area contributed by atoms with Gasteiger partial charge in [-0.3, -0.25) is 4.79 Å². The molecule has 0 aliphatic rings. The second kappa shape index (κ2) is 7.03. The molecule has 1 aromatic heterocycles. The highest BCUT2D eigenvalue weighted by atomic mass is 35.5. The number of hydrogen-bond acceptors (Lipinski definition) is 3. The number of amides is 1. The van der Waals surface area contributed by atoms with E-state index in [1.165, 1.54) is 16.8 Å². The Balaban J connectivity index is 1.79. The summed E-state index contributed by atoms with van der Waals surface area (Å²) in [6.45, 7) is 3.58. The lowest BCUT2D eigenvalue weighted by Gasteiger charge is -2.13. The molecule has 0 aliphatic heterocycles. The average Bonchev–Trinajstić information content (AvgIpc) is 2.97. The van der Waals surface area contributed by atoms with Crippen molar-refractivity contribution in [2.45, 2.75) is 19.9 Å². The fourth-order valence-corrected chi connectivity index (χ4v) is 2.63. The van der Waals surface area contributed by atoms with E-state index in [9.17, 15) is 9.18 Å². The zero-order chi connectivity index (χ0) is 18.0. The molecule has 0 fully saturated rings. The minimum Gasteiger partial charge on any atom is -0.343 e. The number of rotatable bonds is 4. The molecule has 0 saturated carbocycles.